The predicted octanol–water partition coefficient (Wildman–Crippen LogP) is 2.63. The highest BCUT2D eigenvalue weighted by Crippen LogP contribution is 2.29. The standard InChI is InChI=1S/C15H16N4O/c1-4-11-5-7-14(20-3)12(9-11)13-6-8-15(18-17-13)19(2)10-16/h5-9H,4H2,1-3H3. The Morgan fingerprint density at radius 1 is 1.25 bits per heavy atom. The smallest absolute Gasteiger partial charge is 0.185 e. The third kappa shape index (κ3) is 2.69. The fourth-order valence-electron chi connectivity index (χ4n) is 1.87. The molecule has 2 aromatic rings. The molecular weight excluding hydrogens is 252 g/mol. The molecule has 0 unspecified atom stereocenters. The van der Waals surface area contributed by atoms with E-state index in [2.05, 4.69) is 23.2 Å². The zero-order chi connectivity index (χ0) is 14.5. The van der Waals surface area contributed by atoms with Gasteiger partial charge in [-0.25, -0.2) is 0 Å². The Morgan fingerprint density at radius 3 is 2.60 bits per heavy atom. The van der Waals surface area contributed by atoms with E-state index < -0.39 is 0 Å². The minimum atomic E-state index is 0.516. The largest absolute Gasteiger partial charge is 0.496 e. The van der Waals surface area contributed by atoms with Crippen LogP contribution >= 0.6 is 0 Å². The van der Waals surface area contributed by atoms with Crippen molar-refractivity contribution >= 4 is 5.82 Å². The van der Waals surface area contributed by atoms with Gasteiger partial charge >= 0.3 is 0 Å². The number of aromatic nitrogens is 2. The number of hydrogen-bond acceptors (Lipinski definition) is 5. The van der Waals surface area contributed by atoms with Crippen LogP contribution in [0.15, 0.2) is 30.3 Å². The van der Waals surface area contributed by atoms with E-state index in [9.17, 15) is 0 Å². The summed E-state index contributed by atoms with van der Waals surface area (Å²) in [5, 5.41) is 17.0. The molecule has 5 heteroatoms. The number of benzene rings is 1. The molecule has 0 spiro atoms. The molecule has 0 fully saturated rings. The molecule has 1 aromatic carbocycles. The van der Waals surface area contributed by atoms with Gasteiger partial charge in [0.15, 0.2) is 12.0 Å². The highest BCUT2D eigenvalue weighted by atomic mass is 16.5. The summed E-state index contributed by atoms with van der Waals surface area (Å²) < 4.78 is 5.37. The maximum atomic E-state index is 8.81. The zero-order valence-corrected chi connectivity index (χ0v) is 11.8. The lowest BCUT2D eigenvalue weighted by Gasteiger charge is -2.11. The van der Waals surface area contributed by atoms with Crippen molar-refractivity contribution in [2.75, 3.05) is 19.1 Å². The Hall–Kier alpha value is -2.61. The van der Waals surface area contributed by atoms with Crippen LogP contribution in [-0.4, -0.2) is 24.4 Å². The number of nitriles is 1. The van der Waals surface area contributed by atoms with Gasteiger partial charge in [0.05, 0.1) is 12.8 Å². The van der Waals surface area contributed by atoms with Gasteiger partial charge in [-0.3, -0.25) is 4.90 Å². The lowest BCUT2D eigenvalue weighted by atomic mass is 10.0. The van der Waals surface area contributed by atoms with Crippen LogP contribution in [0, 0.1) is 11.5 Å². The maximum absolute atomic E-state index is 8.81. The van der Waals surface area contributed by atoms with Crippen molar-refractivity contribution in [3.63, 3.8) is 0 Å². The topological polar surface area (TPSA) is 62.0 Å². The van der Waals surface area contributed by atoms with Crippen molar-refractivity contribution < 1.29 is 4.74 Å². The Labute approximate surface area is 118 Å². The van der Waals surface area contributed by atoms with Crippen molar-refractivity contribution in [2.45, 2.75) is 13.3 Å². The van der Waals surface area contributed by atoms with E-state index in [-0.39, 0.29) is 0 Å². The minimum Gasteiger partial charge on any atom is -0.496 e. The number of hydrogen-bond donors (Lipinski definition) is 0. The summed E-state index contributed by atoms with van der Waals surface area (Å²) in [7, 11) is 3.28. The molecular formula is C15H16N4O. The third-order valence-corrected chi connectivity index (χ3v) is 3.09. The summed E-state index contributed by atoms with van der Waals surface area (Å²) in [4.78, 5) is 1.36. The van der Waals surface area contributed by atoms with Gasteiger partial charge in [0.1, 0.15) is 5.75 Å². The van der Waals surface area contributed by atoms with Crippen molar-refractivity contribution in [1.29, 1.82) is 5.26 Å². The van der Waals surface area contributed by atoms with Gasteiger partial charge in [-0.15, -0.1) is 10.2 Å². The molecule has 102 valence electrons. The average Bonchev–Trinajstić information content (AvgIpc) is 2.53. The fourth-order valence-corrected chi connectivity index (χ4v) is 1.87. The Bertz CT molecular complexity index is 631. The van der Waals surface area contributed by atoms with E-state index in [0.717, 1.165) is 23.4 Å². The quantitative estimate of drug-likeness (QED) is 0.630. The summed E-state index contributed by atoms with van der Waals surface area (Å²) in [6, 6.07) is 9.63. The van der Waals surface area contributed by atoms with E-state index in [1.807, 2.05) is 24.4 Å². The number of rotatable bonds is 4. The second-order valence-electron chi connectivity index (χ2n) is 4.32. The summed E-state index contributed by atoms with van der Waals surface area (Å²) in [5.41, 5.74) is 2.85. The Kier molecular flexibility index (Phi) is 4.16. The van der Waals surface area contributed by atoms with Crippen LogP contribution in [0.25, 0.3) is 11.3 Å². The van der Waals surface area contributed by atoms with Gasteiger partial charge in [-0.05, 0) is 36.2 Å². The van der Waals surface area contributed by atoms with Crippen molar-refractivity contribution in [2.24, 2.45) is 0 Å². The van der Waals surface area contributed by atoms with Crippen LogP contribution in [-0.2, 0) is 6.42 Å². The molecule has 0 aliphatic heterocycles. The number of anilines is 1. The number of ether oxygens (including phenoxy) is 1. The zero-order valence-electron chi connectivity index (χ0n) is 11.8. The minimum absolute atomic E-state index is 0.516. The van der Waals surface area contributed by atoms with Gasteiger partial charge in [-0.1, -0.05) is 13.0 Å². The van der Waals surface area contributed by atoms with Crippen LogP contribution in [0.5, 0.6) is 5.75 Å². The molecule has 0 N–H and O–H groups in total. The number of aryl methyl sites for hydroxylation is 1. The van der Waals surface area contributed by atoms with Gasteiger partial charge in [0.2, 0.25) is 0 Å². The number of methoxy groups -OCH3 is 1. The summed E-state index contributed by atoms with van der Waals surface area (Å²) >= 11 is 0. The molecule has 0 bridgehead atoms. The normalized spacial score (nSPS) is 9.90. The van der Waals surface area contributed by atoms with Gasteiger partial charge < -0.3 is 4.74 Å². The van der Waals surface area contributed by atoms with E-state index in [0.29, 0.717) is 5.82 Å². The first-order valence-electron chi connectivity index (χ1n) is 6.34. The predicted molar refractivity (Wildman–Crippen MR) is 77.4 cm³/mol. The molecule has 1 aromatic heterocycles. The molecule has 0 saturated heterocycles. The number of nitrogens with zero attached hydrogens (tertiary/aromatic N) is 4. The van der Waals surface area contributed by atoms with Crippen LogP contribution in [0.4, 0.5) is 5.82 Å². The molecule has 2 rings (SSSR count). The van der Waals surface area contributed by atoms with Crippen molar-refractivity contribution in [3.05, 3.63) is 35.9 Å². The Balaban J connectivity index is 2.43. The van der Waals surface area contributed by atoms with E-state index in [1.54, 1.807) is 20.2 Å². The van der Waals surface area contributed by atoms with Crippen LogP contribution < -0.4 is 9.64 Å². The SMILES string of the molecule is CCc1ccc(OC)c(-c2ccc(N(C)C#N)nn2)c1. The monoisotopic (exact) mass is 268 g/mol. The Morgan fingerprint density at radius 2 is 2.05 bits per heavy atom. The van der Waals surface area contributed by atoms with Crippen LogP contribution in [0.3, 0.4) is 0 Å². The second kappa shape index (κ2) is 6.02. The maximum Gasteiger partial charge on any atom is 0.185 e. The highest BCUT2D eigenvalue weighted by molar-refractivity contribution is 5.68. The average molecular weight is 268 g/mol. The van der Waals surface area contributed by atoms with E-state index >= 15 is 0 Å². The van der Waals surface area contributed by atoms with Gasteiger partial charge in [0.25, 0.3) is 0 Å². The molecule has 20 heavy (non-hydrogen) atoms. The highest BCUT2D eigenvalue weighted by Gasteiger charge is 2.10. The summed E-state index contributed by atoms with van der Waals surface area (Å²) in [6.07, 6.45) is 2.93. The molecule has 1 heterocycles. The lowest BCUT2D eigenvalue weighted by Crippen LogP contribution is -2.10. The van der Waals surface area contributed by atoms with Crippen molar-refractivity contribution in [1.82, 2.24) is 10.2 Å². The van der Waals surface area contributed by atoms with Gasteiger partial charge in [0, 0.05) is 12.6 Å². The molecule has 0 atom stereocenters. The molecule has 0 saturated carbocycles. The van der Waals surface area contributed by atoms with E-state index in [1.165, 1.54) is 10.5 Å². The van der Waals surface area contributed by atoms with Crippen LogP contribution in [0.1, 0.15) is 12.5 Å². The fraction of sp³-hybridized carbons (Fsp3) is 0.267. The molecule has 0 aliphatic carbocycles. The molecule has 5 nitrogen and oxygen atoms in total. The second-order valence-corrected chi connectivity index (χ2v) is 4.32. The van der Waals surface area contributed by atoms with Gasteiger partial charge in [-0.2, -0.15) is 5.26 Å². The summed E-state index contributed by atoms with van der Waals surface area (Å²) in [6.45, 7) is 2.10. The lowest BCUT2D eigenvalue weighted by molar-refractivity contribution is 0.416. The molecule has 0 aliphatic rings. The molecule has 0 amide bonds. The van der Waals surface area contributed by atoms with E-state index in [4.69, 9.17) is 10.00 Å². The first-order valence-corrected chi connectivity index (χ1v) is 6.34. The third-order valence-electron chi connectivity index (χ3n) is 3.09. The first-order chi connectivity index (χ1) is 9.69. The van der Waals surface area contributed by atoms with Crippen molar-refractivity contribution in [3.8, 4) is 23.2 Å². The first kappa shape index (κ1) is 13.8. The molecule has 0 radical (unpaired) electrons. The van der Waals surface area contributed by atoms with Crippen LogP contribution in [0.2, 0.25) is 0 Å². The summed E-state index contributed by atoms with van der Waals surface area (Å²) in [5.74, 6) is 1.28.